The van der Waals surface area contributed by atoms with E-state index < -0.39 is 0 Å². The lowest BCUT2D eigenvalue weighted by molar-refractivity contribution is -0.137. The summed E-state index contributed by atoms with van der Waals surface area (Å²) in [4.78, 5) is 37.0. The molecule has 4 heterocycles. The van der Waals surface area contributed by atoms with Crippen LogP contribution in [0.3, 0.4) is 0 Å². The first-order valence-corrected chi connectivity index (χ1v) is 13.9. The number of likely N-dealkylation sites (tertiary alicyclic amines) is 2. The molecule has 2 amide bonds. The van der Waals surface area contributed by atoms with Crippen LogP contribution >= 0.6 is 0 Å². The number of carbonyl (C=O) groups is 2. The Morgan fingerprint density at radius 3 is 2.18 bits per heavy atom. The fourth-order valence-electron chi connectivity index (χ4n) is 6.64. The Hall–Kier alpha value is -3.58. The van der Waals surface area contributed by atoms with Crippen LogP contribution in [0.15, 0.2) is 60.9 Å². The van der Waals surface area contributed by atoms with Crippen molar-refractivity contribution in [1.29, 1.82) is 0 Å². The van der Waals surface area contributed by atoms with Gasteiger partial charge in [0.25, 0.3) is 0 Å². The fraction of sp³-hybridized carbons (Fsp3) is 0.419. The molecular formula is C31H36N4O3. The highest BCUT2D eigenvalue weighted by Crippen LogP contribution is 2.47. The number of amides is 2. The second kappa shape index (κ2) is 10.3. The van der Waals surface area contributed by atoms with Crippen molar-refractivity contribution < 1.29 is 14.3 Å². The van der Waals surface area contributed by atoms with E-state index in [1.807, 2.05) is 16.7 Å². The van der Waals surface area contributed by atoms with Crippen LogP contribution in [0.2, 0.25) is 0 Å². The van der Waals surface area contributed by atoms with Crippen molar-refractivity contribution >= 4 is 33.6 Å². The van der Waals surface area contributed by atoms with Gasteiger partial charge in [0.15, 0.2) is 0 Å². The van der Waals surface area contributed by atoms with Crippen LogP contribution in [0.4, 0.5) is 0 Å². The van der Waals surface area contributed by atoms with Gasteiger partial charge in [0, 0.05) is 85.4 Å². The first-order chi connectivity index (χ1) is 18.6. The smallest absolute Gasteiger partial charge is 0.227 e. The summed E-state index contributed by atoms with van der Waals surface area (Å²) in [7, 11) is 0. The minimum atomic E-state index is -0.247. The molecule has 4 aromatic rings. The van der Waals surface area contributed by atoms with Crippen molar-refractivity contribution in [3.05, 3.63) is 72.1 Å². The highest BCUT2D eigenvalue weighted by Gasteiger charge is 2.44. The Morgan fingerprint density at radius 1 is 0.974 bits per heavy atom. The van der Waals surface area contributed by atoms with Gasteiger partial charge in [0.05, 0.1) is 5.92 Å². The molecule has 0 aliphatic carbocycles. The third kappa shape index (κ3) is 4.29. The predicted molar refractivity (Wildman–Crippen MR) is 149 cm³/mol. The first-order valence-electron chi connectivity index (χ1n) is 13.9. The lowest BCUT2D eigenvalue weighted by Crippen LogP contribution is -2.47. The SMILES string of the molecule is CCOCCCN1CC(C(=O)N2CCC(c3c[nH]c4ccccc34)(c3c[nH]c4ccccc34)CC2)CC1=O. The van der Waals surface area contributed by atoms with Crippen molar-refractivity contribution in [2.24, 2.45) is 5.92 Å². The number of aromatic amines is 2. The number of aromatic nitrogens is 2. The number of nitrogens with zero attached hydrogens (tertiary/aromatic N) is 2. The lowest BCUT2D eigenvalue weighted by Gasteiger charge is -2.43. The van der Waals surface area contributed by atoms with Gasteiger partial charge in [-0.1, -0.05) is 36.4 Å². The second-order valence-electron chi connectivity index (χ2n) is 10.7. The van der Waals surface area contributed by atoms with E-state index in [-0.39, 0.29) is 23.1 Å². The van der Waals surface area contributed by atoms with Crippen LogP contribution in [0.25, 0.3) is 21.8 Å². The molecule has 38 heavy (non-hydrogen) atoms. The van der Waals surface area contributed by atoms with E-state index in [1.165, 1.54) is 21.9 Å². The molecule has 2 aliphatic heterocycles. The van der Waals surface area contributed by atoms with Crippen LogP contribution in [0.5, 0.6) is 0 Å². The van der Waals surface area contributed by atoms with Crippen molar-refractivity contribution in [3.8, 4) is 0 Å². The molecular weight excluding hydrogens is 476 g/mol. The highest BCUT2D eigenvalue weighted by atomic mass is 16.5. The number of hydrogen-bond donors (Lipinski definition) is 2. The maximum atomic E-state index is 13.6. The monoisotopic (exact) mass is 512 g/mol. The first kappa shape index (κ1) is 24.7. The van der Waals surface area contributed by atoms with Gasteiger partial charge in [-0.2, -0.15) is 0 Å². The molecule has 0 spiro atoms. The number of rotatable bonds is 8. The summed E-state index contributed by atoms with van der Waals surface area (Å²) in [6.07, 6.45) is 7.13. The van der Waals surface area contributed by atoms with Crippen molar-refractivity contribution in [2.45, 2.75) is 38.0 Å². The van der Waals surface area contributed by atoms with Crippen LogP contribution < -0.4 is 0 Å². The third-order valence-corrected chi connectivity index (χ3v) is 8.62. The summed E-state index contributed by atoms with van der Waals surface area (Å²) < 4.78 is 5.41. The summed E-state index contributed by atoms with van der Waals surface area (Å²) in [5, 5.41) is 2.48. The zero-order chi connectivity index (χ0) is 26.1. The number of carbonyl (C=O) groups excluding carboxylic acids is 2. The van der Waals surface area contributed by atoms with Crippen LogP contribution in [0, 0.1) is 5.92 Å². The largest absolute Gasteiger partial charge is 0.382 e. The van der Waals surface area contributed by atoms with E-state index in [1.54, 1.807) is 0 Å². The molecule has 6 rings (SSSR count). The Bertz CT molecular complexity index is 1370. The second-order valence-corrected chi connectivity index (χ2v) is 10.7. The normalized spacial score (nSPS) is 19.6. The molecule has 2 saturated heterocycles. The quantitative estimate of drug-likeness (QED) is 0.332. The van der Waals surface area contributed by atoms with Crippen LogP contribution in [-0.4, -0.2) is 71.0 Å². The summed E-state index contributed by atoms with van der Waals surface area (Å²) in [5.41, 5.74) is 4.64. The molecule has 2 fully saturated rings. The molecule has 0 saturated carbocycles. The third-order valence-electron chi connectivity index (χ3n) is 8.62. The summed E-state index contributed by atoms with van der Waals surface area (Å²) in [6, 6.07) is 16.9. The molecule has 2 aromatic heterocycles. The van der Waals surface area contributed by atoms with E-state index in [0.29, 0.717) is 45.8 Å². The number of hydrogen-bond acceptors (Lipinski definition) is 3. The van der Waals surface area contributed by atoms with Crippen LogP contribution in [0.1, 0.15) is 43.7 Å². The van der Waals surface area contributed by atoms with E-state index in [2.05, 4.69) is 70.9 Å². The number of fused-ring (bicyclic) bond motifs is 2. The van der Waals surface area contributed by atoms with Gasteiger partial charge in [0.2, 0.25) is 11.8 Å². The fourth-order valence-corrected chi connectivity index (χ4v) is 6.64. The standard InChI is InChI=1S/C31H36N4O3/c1-2-38-17-7-14-35-21-22(18-29(35)36)30(37)34-15-12-31(13-16-34,25-19-32-27-10-5-3-8-23(25)27)26-20-33-28-11-6-4-9-24(26)28/h3-6,8-11,19-20,22,32-33H,2,7,12-18,21H2,1H3. The number of ether oxygens (including phenoxy) is 1. The number of piperidine rings is 1. The minimum absolute atomic E-state index is 0.0868. The van der Waals surface area contributed by atoms with Gasteiger partial charge in [0.1, 0.15) is 0 Å². The van der Waals surface area contributed by atoms with E-state index in [0.717, 1.165) is 30.3 Å². The molecule has 1 unspecified atom stereocenters. The zero-order valence-electron chi connectivity index (χ0n) is 22.0. The Kier molecular flexibility index (Phi) is 6.70. The Morgan fingerprint density at radius 2 is 1.58 bits per heavy atom. The Balaban J connectivity index is 1.24. The lowest BCUT2D eigenvalue weighted by atomic mass is 9.67. The van der Waals surface area contributed by atoms with E-state index in [9.17, 15) is 9.59 Å². The average Bonchev–Trinajstić information content (AvgIpc) is 3.68. The van der Waals surface area contributed by atoms with Crippen molar-refractivity contribution in [1.82, 2.24) is 19.8 Å². The molecule has 198 valence electrons. The van der Waals surface area contributed by atoms with Gasteiger partial charge in [-0.05, 0) is 49.4 Å². The summed E-state index contributed by atoms with van der Waals surface area (Å²) in [5.74, 6) is -0.0378. The number of nitrogens with one attached hydrogen (secondary N) is 2. The maximum absolute atomic E-state index is 13.6. The topological polar surface area (TPSA) is 81.4 Å². The number of H-pyrrole nitrogens is 2. The van der Waals surface area contributed by atoms with Crippen molar-refractivity contribution in [2.75, 3.05) is 39.4 Å². The zero-order valence-corrected chi connectivity index (χ0v) is 22.0. The van der Waals surface area contributed by atoms with Gasteiger partial charge >= 0.3 is 0 Å². The molecule has 0 bridgehead atoms. The average molecular weight is 513 g/mol. The molecule has 7 heteroatoms. The molecule has 7 nitrogen and oxygen atoms in total. The van der Waals surface area contributed by atoms with Gasteiger partial charge in [-0.15, -0.1) is 0 Å². The van der Waals surface area contributed by atoms with Crippen molar-refractivity contribution in [3.63, 3.8) is 0 Å². The van der Waals surface area contributed by atoms with Gasteiger partial charge in [-0.25, -0.2) is 0 Å². The summed E-state index contributed by atoms with van der Waals surface area (Å²) in [6.45, 7) is 5.83. The van der Waals surface area contributed by atoms with E-state index in [4.69, 9.17) is 4.74 Å². The number of benzene rings is 2. The van der Waals surface area contributed by atoms with Gasteiger partial charge < -0.3 is 24.5 Å². The molecule has 2 aliphatic rings. The molecule has 1 atom stereocenters. The Labute approximate surface area is 223 Å². The summed E-state index contributed by atoms with van der Waals surface area (Å²) >= 11 is 0. The number of para-hydroxylation sites is 2. The maximum Gasteiger partial charge on any atom is 0.227 e. The molecule has 0 radical (unpaired) electrons. The molecule has 2 N–H and O–H groups in total. The molecule has 2 aromatic carbocycles. The predicted octanol–water partition coefficient (Wildman–Crippen LogP) is 4.83. The van der Waals surface area contributed by atoms with Crippen LogP contribution in [-0.2, 0) is 19.7 Å². The van der Waals surface area contributed by atoms with E-state index >= 15 is 0 Å². The highest BCUT2D eigenvalue weighted by molar-refractivity contribution is 5.91. The van der Waals surface area contributed by atoms with Gasteiger partial charge in [-0.3, -0.25) is 9.59 Å². The minimum Gasteiger partial charge on any atom is -0.382 e.